The van der Waals surface area contributed by atoms with Gasteiger partial charge in [0.2, 0.25) is 0 Å². The third-order valence-electron chi connectivity index (χ3n) is 3.47. The van der Waals surface area contributed by atoms with Crippen LogP contribution in [0.5, 0.6) is 0 Å². The normalized spacial score (nSPS) is 12.6. The van der Waals surface area contributed by atoms with Crippen LogP contribution in [-0.2, 0) is 5.41 Å². The van der Waals surface area contributed by atoms with Crippen molar-refractivity contribution in [2.75, 3.05) is 0 Å². The molecule has 1 aromatic carbocycles. The first kappa shape index (κ1) is 14.3. The third-order valence-corrected chi connectivity index (χ3v) is 3.47. The van der Waals surface area contributed by atoms with Gasteiger partial charge in [-0.3, -0.25) is 0 Å². The van der Waals surface area contributed by atoms with Gasteiger partial charge in [-0.2, -0.15) is 0 Å². The van der Waals surface area contributed by atoms with Crippen molar-refractivity contribution in [1.82, 2.24) is 0 Å². The molecule has 0 saturated heterocycles. The summed E-state index contributed by atoms with van der Waals surface area (Å²) < 4.78 is 0. The van der Waals surface area contributed by atoms with Gasteiger partial charge in [0, 0.05) is 0 Å². The van der Waals surface area contributed by atoms with Gasteiger partial charge in [0.05, 0.1) is 0 Å². The van der Waals surface area contributed by atoms with Crippen LogP contribution in [0, 0.1) is 6.92 Å². The van der Waals surface area contributed by atoms with Gasteiger partial charge >= 0.3 is 0 Å². The summed E-state index contributed by atoms with van der Waals surface area (Å²) in [7, 11) is 0. The highest BCUT2D eigenvalue weighted by atomic mass is 14.3. The molecule has 0 heteroatoms. The lowest BCUT2D eigenvalue weighted by Crippen LogP contribution is -2.17. The van der Waals surface area contributed by atoms with Crippen LogP contribution < -0.4 is 0 Å². The molecule has 0 aliphatic rings. The molecule has 0 nitrogen and oxygen atoms in total. The molecule has 0 N–H and O–H groups in total. The summed E-state index contributed by atoms with van der Waals surface area (Å²) in [4.78, 5) is 0. The zero-order chi connectivity index (χ0) is 13.4. The lowest BCUT2D eigenvalue weighted by molar-refractivity contribution is 0.572. The average molecular weight is 232 g/mol. The van der Waals surface area contributed by atoms with E-state index in [-0.39, 0.29) is 5.41 Å². The molecule has 0 amide bonds. The van der Waals surface area contributed by atoms with Crippen molar-refractivity contribution >= 4 is 0 Å². The third kappa shape index (κ3) is 2.91. The molecule has 0 spiro atoms. The Morgan fingerprint density at radius 1 is 0.824 bits per heavy atom. The van der Waals surface area contributed by atoms with E-state index in [2.05, 4.69) is 67.5 Å². The van der Waals surface area contributed by atoms with E-state index < -0.39 is 0 Å². The summed E-state index contributed by atoms with van der Waals surface area (Å²) in [5.74, 6) is 1.20. The molecule has 0 unspecified atom stereocenters. The van der Waals surface area contributed by atoms with E-state index in [4.69, 9.17) is 0 Å². The van der Waals surface area contributed by atoms with E-state index in [1.54, 1.807) is 11.1 Å². The highest BCUT2D eigenvalue weighted by Gasteiger charge is 2.23. The number of aryl methyl sites for hydroxylation is 1. The molecule has 0 radical (unpaired) electrons. The number of benzene rings is 1. The number of rotatable bonds is 2. The van der Waals surface area contributed by atoms with Gasteiger partial charge in [0.1, 0.15) is 0 Å². The van der Waals surface area contributed by atoms with Gasteiger partial charge in [-0.25, -0.2) is 0 Å². The first-order valence-electron chi connectivity index (χ1n) is 6.80. The molecule has 96 valence electrons. The van der Waals surface area contributed by atoms with E-state index in [9.17, 15) is 0 Å². The van der Waals surface area contributed by atoms with Gasteiger partial charge in [-0.15, -0.1) is 0 Å². The van der Waals surface area contributed by atoms with Gasteiger partial charge in [0.25, 0.3) is 0 Å². The Bertz CT molecular complexity index is 389. The van der Waals surface area contributed by atoms with Crippen molar-refractivity contribution in [2.45, 2.75) is 72.6 Å². The minimum atomic E-state index is 0.233. The predicted molar refractivity (Wildman–Crippen MR) is 78.1 cm³/mol. The highest BCUT2D eigenvalue weighted by Crippen LogP contribution is 2.37. The standard InChI is InChI=1S/C17H28/c1-11(2)15-13(5)9-10-14(17(6,7)8)16(15)12(3)4/h9-12H,1-8H3. The molecule has 0 heterocycles. The van der Waals surface area contributed by atoms with Crippen molar-refractivity contribution in [1.29, 1.82) is 0 Å². The number of hydrogen-bond donors (Lipinski definition) is 0. The van der Waals surface area contributed by atoms with Crippen LogP contribution in [0.1, 0.15) is 82.6 Å². The fraction of sp³-hybridized carbons (Fsp3) is 0.647. The lowest BCUT2D eigenvalue weighted by Gasteiger charge is -2.29. The van der Waals surface area contributed by atoms with Crippen LogP contribution in [0.4, 0.5) is 0 Å². The Labute approximate surface area is 107 Å². The second-order valence-electron chi connectivity index (χ2n) is 6.82. The number of hydrogen-bond acceptors (Lipinski definition) is 0. The summed E-state index contributed by atoms with van der Waals surface area (Å²) in [6.07, 6.45) is 0. The molecule has 0 aliphatic carbocycles. The molecule has 0 aliphatic heterocycles. The van der Waals surface area contributed by atoms with Crippen molar-refractivity contribution < 1.29 is 0 Å². The van der Waals surface area contributed by atoms with Gasteiger partial charge < -0.3 is 0 Å². The van der Waals surface area contributed by atoms with Crippen LogP contribution in [0.2, 0.25) is 0 Å². The smallest absolute Gasteiger partial charge is 0.0129 e. The van der Waals surface area contributed by atoms with E-state index in [0.717, 1.165) is 0 Å². The first-order valence-corrected chi connectivity index (χ1v) is 6.80. The summed E-state index contributed by atoms with van der Waals surface area (Å²) in [5.41, 5.74) is 6.33. The van der Waals surface area contributed by atoms with Crippen LogP contribution in [0.25, 0.3) is 0 Å². The quantitative estimate of drug-likeness (QED) is 0.628. The van der Waals surface area contributed by atoms with Crippen LogP contribution in [0.3, 0.4) is 0 Å². The maximum absolute atomic E-state index is 2.33. The van der Waals surface area contributed by atoms with E-state index in [0.29, 0.717) is 11.8 Å². The molecule has 0 atom stereocenters. The SMILES string of the molecule is Cc1ccc(C(C)(C)C)c(C(C)C)c1C(C)C. The van der Waals surface area contributed by atoms with E-state index in [1.807, 2.05) is 0 Å². The van der Waals surface area contributed by atoms with Crippen molar-refractivity contribution in [2.24, 2.45) is 0 Å². The monoisotopic (exact) mass is 232 g/mol. The highest BCUT2D eigenvalue weighted by molar-refractivity contribution is 5.46. The lowest BCUT2D eigenvalue weighted by atomic mass is 9.75. The average Bonchev–Trinajstić information content (AvgIpc) is 2.14. The molecule has 17 heavy (non-hydrogen) atoms. The Morgan fingerprint density at radius 2 is 1.29 bits per heavy atom. The Hall–Kier alpha value is -0.780. The Kier molecular flexibility index (Phi) is 4.06. The van der Waals surface area contributed by atoms with Crippen LogP contribution in [0.15, 0.2) is 12.1 Å². The molecule has 0 saturated carbocycles. The largest absolute Gasteiger partial charge is 0.0587 e. The Morgan fingerprint density at radius 3 is 1.65 bits per heavy atom. The molecular formula is C17H28. The van der Waals surface area contributed by atoms with Gasteiger partial charge in [-0.1, -0.05) is 60.6 Å². The van der Waals surface area contributed by atoms with Crippen LogP contribution >= 0.6 is 0 Å². The summed E-state index contributed by atoms with van der Waals surface area (Å²) in [5, 5.41) is 0. The molecule has 0 bridgehead atoms. The predicted octanol–water partition coefficient (Wildman–Crippen LogP) is 5.54. The molecule has 1 aromatic rings. The second-order valence-corrected chi connectivity index (χ2v) is 6.82. The van der Waals surface area contributed by atoms with E-state index >= 15 is 0 Å². The van der Waals surface area contributed by atoms with E-state index in [1.165, 1.54) is 11.1 Å². The van der Waals surface area contributed by atoms with Crippen molar-refractivity contribution in [3.8, 4) is 0 Å². The zero-order valence-corrected chi connectivity index (χ0v) is 12.8. The minimum Gasteiger partial charge on any atom is -0.0587 e. The molecule has 1 rings (SSSR count). The fourth-order valence-electron chi connectivity index (χ4n) is 2.79. The summed E-state index contributed by atoms with van der Waals surface area (Å²) in [6.45, 7) is 18.4. The Balaban J connectivity index is 3.60. The van der Waals surface area contributed by atoms with Crippen LogP contribution in [-0.4, -0.2) is 0 Å². The summed E-state index contributed by atoms with van der Waals surface area (Å²) >= 11 is 0. The van der Waals surface area contributed by atoms with Crippen molar-refractivity contribution in [3.63, 3.8) is 0 Å². The zero-order valence-electron chi connectivity index (χ0n) is 12.8. The topological polar surface area (TPSA) is 0 Å². The first-order chi connectivity index (χ1) is 7.66. The minimum absolute atomic E-state index is 0.233. The summed E-state index contributed by atoms with van der Waals surface area (Å²) in [6, 6.07) is 4.62. The molecule has 0 aromatic heterocycles. The van der Waals surface area contributed by atoms with Crippen molar-refractivity contribution in [3.05, 3.63) is 34.4 Å². The van der Waals surface area contributed by atoms with Gasteiger partial charge in [-0.05, 0) is 46.4 Å². The van der Waals surface area contributed by atoms with Gasteiger partial charge in [0.15, 0.2) is 0 Å². The maximum atomic E-state index is 2.33. The second kappa shape index (κ2) is 4.84. The molecule has 0 fully saturated rings. The maximum Gasteiger partial charge on any atom is -0.0129 e. The fourth-order valence-corrected chi connectivity index (χ4v) is 2.79. The molecular weight excluding hydrogens is 204 g/mol.